The molecule has 56 valence electrons. The van der Waals surface area contributed by atoms with Crippen molar-refractivity contribution in [2.24, 2.45) is 5.92 Å². The molecule has 0 aliphatic rings. The molecule has 10 heavy (non-hydrogen) atoms. The van der Waals surface area contributed by atoms with E-state index in [0.717, 1.165) is 6.42 Å². The van der Waals surface area contributed by atoms with Crippen molar-refractivity contribution < 1.29 is 31.8 Å². The van der Waals surface area contributed by atoms with Gasteiger partial charge in [-0.1, -0.05) is 13.8 Å². The first kappa shape index (κ1) is 13.3. The van der Waals surface area contributed by atoms with Crippen LogP contribution in [0.25, 0.3) is 0 Å². The van der Waals surface area contributed by atoms with Crippen LogP contribution in [0.2, 0.25) is 0 Å². The Morgan fingerprint density at radius 2 is 2.10 bits per heavy atom. The zero-order valence-corrected chi connectivity index (χ0v) is 7.44. The van der Waals surface area contributed by atoms with Crippen LogP contribution in [0.1, 0.15) is 20.3 Å². The third kappa shape index (κ3) is 11.5. The zero-order chi connectivity index (χ0) is 7.28. The SMILES string of the molecule is CC(C)CCOS(=O)[O-].[Li+]. The molecular weight excluding hydrogens is 147 g/mol. The molecule has 0 saturated carbocycles. The van der Waals surface area contributed by atoms with Gasteiger partial charge in [-0.3, -0.25) is 0 Å². The molecule has 0 aromatic heterocycles. The van der Waals surface area contributed by atoms with Crippen molar-refractivity contribution in [1.82, 2.24) is 0 Å². The third-order valence-electron chi connectivity index (χ3n) is 0.875. The van der Waals surface area contributed by atoms with Crippen LogP contribution < -0.4 is 18.9 Å². The maximum Gasteiger partial charge on any atom is 1.00 e. The summed E-state index contributed by atoms with van der Waals surface area (Å²) in [6.07, 6.45) is 0.786. The monoisotopic (exact) mass is 158 g/mol. The fourth-order valence-electron chi connectivity index (χ4n) is 0.352. The van der Waals surface area contributed by atoms with Crippen molar-refractivity contribution in [2.75, 3.05) is 6.61 Å². The van der Waals surface area contributed by atoms with Crippen LogP contribution in [-0.2, 0) is 15.5 Å². The summed E-state index contributed by atoms with van der Waals surface area (Å²) < 4.78 is 23.8. The van der Waals surface area contributed by atoms with Gasteiger partial charge in [-0.05, 0) is 12.3 Å². The van der Waals surface area contributed by atoms with E-state index in [1.807, 2.05) is 13.8 Å². The molecule has 0 amide bonds. The van der Waals surface area contributed by atoms with Gasteiger partial charge in [-0.15, -0.1) is 0 Å². The summed E-state index contributed by atoms with van der Waals surface area (Å²) in [5.41, 5.74) is 0. The van der Waals surface area contributed by atoms with Crippen molar-refractivity contribution in [1.29, 1.82) is 0 Å². The van der Waals surface area contributed by atoms with Gasteiger partial charge in [0.05, 0.1) is 18.0 Å². The van der Waals surface area contributed by atoms with Gasteiger partial charge in [0.25, 0.3) is 0 Å². The molecule has 3 nitrogen and oxygen atoms in total. The summed E-state index contributed by atoms with van der Waals surface area (Å²) in [6.45, 7) is 4.32. The topological polar surface area (TPSA) is 49.4 Å². The predicted octanol–water partition coefficient (Wildman–Crippen LogP) is -2.15. The molecule has 0 aliphatic carbocycles. The van der Waals surface area contributed by atoms with Gasteiger partial charge in [0.2, 0.25) is 0 Å². The fraction of sp³-hybridized carbons (Fsp3) is 1.00. The van der Waals surface area contributed by atoms with Gasteiger partial charge >= 0.3 is 18.9 Å². The standard InChI is InChI=1S/C5H12O3S.Li/c1-5(2)3-4-8-9(6)7;/h5H,3-4H2,1-2H3,(H,6,7);/q;+1/p-1. The molecule has 5 heteroatoms. The number of rotatable bonds is 4. The Bertz CT molecular complexity index is 96.9. The molecule has 0 saturated heterocycles. The molecule has 0 aromatic rings. The number of hydrogen-bond donors (Lipinski definition) is 0. The average Bonchev–Trinajstić information content (AvgIpc) is 1.63. The molecule has 1 unspecified atom stereocenters. The van der Waals surface area contributed by atoms with Crippen LogP contribution in [0.15, 0.2) is 0 Å². The van der Waals surface area contributed by atoms with Gasteiger partial charge < -0.3 is 8.74 Å². The quantitative estimate of drug-likeness (QED) is 0.346. The predicted molar refractivity (Wildman–Crippen MR) is 34.3 cm³/mol. The Balaban J connectivity index is 0. The van der Waals surface area contributed by atoms with E-state index in [2.05, 4.69) is 4.18 Å². The van der Waals surface area contributed by atoms with E-state index in [-0.39, 0.29) is 18.9 Å². The van der Waals surface area contributed by atoms with Gasteiger partial charge in [-0.2, -0.15) is 0 Å². The minimum absolute atomic E-state index is 0. The van der Waals surface area contributed by atoms with E-state index in [9.17, 15) is 8.76 Å². The van der Waals surface area contributed by atoms with Gasteiger partial charge in [0, 0.05) is 0 Å². The summed E-state index contributed by atoms with van der Waals surface area (Å²) in [5, 5.41) is 0. The second kappa shape index (κ2) is 7.77. The molecular formula is C5H11LiO3S. The normalized spacial score (nSPS) is 12.8. The van der Waals surface area contributed by atoms with Gasteiger partial charge in [0.1, 0.15) is 0 Å². The van der Waals surface area contributed by atoms with E-state index in [1.165, 1.54) is 0 Å². The molecule has 0 spiro atoms. The summed E-state index contributed by atoms with van der Waals surface area (Å²) in [5.74, 6) is 0.494. The van der Waals surface area contributed by atoms with E-state index in [0.29, 0.717) is 12.5 Å². The number of hydrogen-bond acceptors (Lipinski definition) is 3. The molecule has 0 radical (unpaired) electrons. The summed E-state index contributed by atoms with van der Waals surface area (Å²) >= 11 is -2.33. The first-order valence-electron chi connectivity index (χ1n) is 2.85. The Labute approximate surface area is 76.2 Å². The second-order valence-electron chi connectivity index (χ2n) is 2.21. The van der Waals surface area contributed by atoms with Crippen molar-refractivity contribution in [3.8, 4) is 0 Å². The summed E-state index contributed by atoms with van der Waals surface area (Å²) in [7, 11) is 0. The Hall–Kier alpha value is 0.667. The van der Waals surface area contributed by atoms with Crippen molar-refractivity contribution >= 4 is 11.4 Å². The molecule has 0 bridgehead atoms. The third-order valence-corrected chi connectivity index (χ3v) is 1.23. The molecule has 0 heterocycles. The second-order valence-corrected chi connectivity index (χ2v) is 2.85. The fourth-order valence-corrected chi connectivity index (χ4v) is 0.584. The van der Waals surface area contributed by atoms with Crippen LogP contribution in [0, 0.1) is 5.92 Å². The maximum atomic E-state index is 9.76. The Kier molecular flexibility index (Phi) is 10.3. The maximum absolute atomic E-state index is 9.76. The first-order valence-corrected chi connectivity index (χ1v) is 3.85. The van der Waals surface area contributed by atoms with E-state index < -0.39 is 11.4 Å². The van der Waals surface area contributed by atoms with Gasteiger partial charge in [0.15, 0.2) is 0 Å². The van der Waals surface area contributed by atoms with E-state index in [4.69, 9.17) is 0 Å². The minimum atomic E-state index is -2.33. The molecule has 0 aliphatic heterocycles. The Morgan fingerprint density at radius 1 is 1.60 bits per heavy atom. The average molecular weight is 158 g/mol. The van der Waals surface area contributed by atoms with Gasteiger partial charge in [-0.25, -0.2) is 4.21 Å². The largest absolute Gasteiger partial charge is 1.00 e. The van der Waals surface area contributed by atoms with Crippen LogP contribution in [0.4, 0.5) is 0 Å². The minimum Gasteiger partial charge on any atom is -0.750 e. The summed E-state index contributed by atoms with van der Waals surface area (Å²) in [6, 6.07) is 0. The Morgan fingerprint density at radius 3 is 2.40 bits per heavy atom. The smallest absolute Gasteiger partial charge is 0.750 e. The summed E-state index contributed by atoms with van der Waals surface area (Å²) in [4.78, 5) is 0. The molecule has 1 atom stereocenters. The molecule has 0 rings (SSSR count). The van der Waals surface area contributed by atoms with Crippen LogP contribution in [0.5, 0.6) is 0 Å². The molecule has 0 N–H and O–H groups in total. The van der Waals surface area contributed by atoms with Crippen molar-refractivity contribution in [3.63, 3.8) is 0 Å². The van der Waals surface area contributed by atoms with Crippen LogP contribution in [0.3, 0.4) is 0 Å². The molecule has 0 fully saturated rings. The van der Waals surface area contributed by atoms with Crippen molar-refractivity contribution in [2.45, 2.75) is 20.3 Å². The van der Waals surface area contributed by atoms with Crippen LogP contribution in [-0.4, -0.2) is 15.4 Å². The first-order chi connectivity index (χ1) is 4.13. The van der Waals surface area contributed by atoms with Crippen molar-refractivity contribution in [3.05, 3.63) is 0 Å². The van der Waals surface area contributed by atoms with Crippen LogP contribution >= 0.6 is 0 Å². The molecule has 0 aromatic carbocycles. The van der Waals surface area contributed by atoms with E-state index in [1.54, 1.807) is 0 Å². The van der Waals surface area contributed by atoms with E-state index >= 15 is 0 Å². The zero-order valence-electron chi connectivity index (χ0n) is 6.62.